The van der Waals surface area contributed by atoms with Gasteiger partial charge in [-0.15, -0.1) is 0 Å². The van der Waals surface area contributed by atoms with E-state index in [-0.39, 0.29) is 5.91 Å². The molecule has 1 saturated heterocycles. The van der Waals surface area contributed by atoms with E-state index in [1.165, 1.54) is 9.13 Å². The molecule has 1 aliphatic heterocycles. The first-order valence-electron chi connectivity index (χ1n) is 5.82. The summed E-state index contributed by atoms with van der Waals surface area (Å²) in [6.07, 6.45) is 0. The molecule has 92 valence electrons. The first kappa shape index (κ1) is 12.8. The molecule has 0 unspecified atom stereocenters. The second-order valence-electron chi connectivity index (χ2n) is 4.56. The minimum absolute atomic E-state index is 0.164. The van der Waals surface area contributed by atoms with Crippen molar-refractivity contribution in [3.63, 3.8) is 0 Å². The molecule has 0 bridgehead atoms. The van der Waals surface area contributed by atoms with Gasteiger partial charge in [0.05, 0.1) is 0 Å². The SMILES string of the molecule is Cc1cc(C(=O)N2CCN(C)CC2)ccc1I. The maximum absolute atomic E-state index is 12.3. The van der Waals surface area contributed by atoms with Gasteiger partial charge in [0.1, 0.15) is 0 Å². The quantitative estimate of drug-likeness (QED) is 0.728. The van der Waals surface area contributed by atoms with Crippen LogP contribution in [0.1, 0.15) is 15.9 Å². The fourth-order valence-electron chi connectivity index (χ4n) is 1.97. The van der Waals surface area contributed by atoms with Gasteiger partial charge in [0.2, 0.25) is 0 Å². The Morgan fingerprint density at radius 2 is 1.88 bits per heavy atom. The zero-order valence-electron chi connectivity index (χ0n) is 10.2. The Balaban J connectivity index is 2.11. The van der Waals surface area contributed by atoms with Gasteiger partial charge < -0.3 is 9.80 Å². The Labute approximate surface area is 116 Å². The lowest BCUT2D eigenvalue weighted by Gasteiger charge is -2.32. The number of nitrogens with zero attached hydrogens (tertiary/aromatic N) is 2. The van der Waals surface area contributed by atoms with Crippen molar-refractivity contribution in [2.24, 2.45) is 0 Å². The number of likely N-dealkylation sites (N-methyl/N-ethyl adjacent to an activating group) is 1. The van der Waals surface area contributed by atoms with E-state index in [2.05, 4.69) is 34.5 Å². The van der Waals surface area contributed by atoms with Crippen molar-refractivity contribution in [3.8, 4) is 0 Å². The minimum Gasteiger partial charge on any atom is -0.336 e. The number of benzene rings is 1. The third-order valence-corrected chi connectivity index (χ3v) is 4.41. The summed E-state index contributed by atoms with van der Waals surface area (Å²) < 4.78 is 1.21. The van der Waals surface area contributed by atoms with Crippen molar-refractivity contribution in [2.75, 3.05) is 33.2 Å². The lowest BCUT2D eigenvalue weighted by atomic mass is 10.1. The van der Waals surface area contributed by atoms with Crippen LogP contribution in [0, 0.1) is 10.5 Å². The monoisotopic (exact) mass is 344 g/mol. The van der Waals surface area contributed by atoms with E-state index >= 15 is 0 Å². The summed E-state index contributed by atoms with van der Waals surface area (Å²) in [5.74, 6) is 0.164. The van der Waals surface area contributed by atoms with Crippen LogP contribution in [-0.4, -0.2) is 48.9 Å². The van der Waals surface area contributed by atoms with Crippen molar-refractivity contribution in [3.05, 3.63) is 32.9 Å². The third kappa shape index (κ3) is 2.98. The van der Waals surface area contributed by atoms with Gasteiger partial charge in [-0.1, -0.05) is 0 Å². The highest BCUT2D eigenvalue weighted by Crippen LogP contribution is 2.15. The van der Waals surface area contributed by atoms with Gasteiger partial charge >= 0.3 is 0 Å². The minimum atomic E-state index is 0.164. The van der Waals surface area contributed by atoms with Crippen LogP contribution in [0.25, 0.3) is 0 Å². The summed E-state index contributed by atoms with van der Waals surface area (Å²) in [5.41, 5.74) is 1.98. The van der Waals surface area contributed by atoms with Crippen LogP contribution in [0.15, 0.2) is 18.2 Å². The summed E-state index contributed by atoms with van der Waals surface area (Å²) in [7, 11) is 2.09. The van der Waals surface area contributed by atoms with Gasteiger partial charge in [-0.25, -0.2) is 0 Å². The Kier molecular flexibility index (Phi) is 4.04. The van der Waals surface area contributed by atoms with Crippen LogP contribution in [0.5, 0.6) is 0 Å². The maximum atomic E-state index is 12.3. The lowest BCUT2D eigenvalue weighted by Crippen LogP contribution is -2.47. The van der Waals surface area contributed by atoms with E-state index < -0.39 is 0 Å². The number of halogens is 1. The van der Waals surface area contributed by atoms with Crippen molar-refractivity contribution in [1.82, 2.24) is 9.80 Å². The fourth-order valence-corrected chi connectivity index (χ4v) is 2.31. The third-order valence-electron chi connectivity index (χ3n) is 3.20. The molecule has 0 atom stereocenters. The molecule has 0 radical (unpaired) electrons. The summed E-state index contributed by atoms with van der Waals surface area (Å²) in [5, 5.41) is 0. The fraction of sp³-hybridized carbons (Fsp3) is 0.462. The molecular weight excluding hydrogens is 327 g/mol. The average Bonchev–Trinajstić information content (AvgIpc) is 2.33. The number of carbonyl (C=O) groups excluding carboxylic acids is 1. The van der Waals surface area contributed by atoms with E-state index in [1.54, 1.807) is 0 Å². The van der Waals surface area contributed by atoms with Crippen LogP contribution in [0.3, 0.4) is 0 Å². The molecule has 1 fully saturated rings. The molecule has 0 saturated carbocycles. The number of hydrogen-bond donors (Lipinski definition) is 0. The van der Waals surface area contributed by atoms with Gasteiger partial charge in [0, 0.05) is 35.3 Å². The first-order valence-corrected chi connectivity index (χ1v) is 6.90. The highest BCUT2D eigenvalue weighted by Gasteiger charge is 2.20. The standard InChI is InChI=1S/C13H17IN2O/c1-10-9-11(3-4-12(10)14)13(17)16-7-5-15(2)6-8-16/h3-4,9H,5-8H2,1-2H3. The van der Waals surface area contributed by atoms with Crippen molar-refractivity contribution >= 4 is 28.5 Å². The molecule has 4 heteroatoms. The Hall–Kier alpha value is -0.620. The first-order chi connectivity index (χ1) is 8.08. The number of piperazine rings is 1. The van der Waals surface area contributed by atoms with Crippen molar-refractivity contribution in [2.45, 2.75) is 6.92 Å². The summed E-state index contributed by atoms with van der Waals surface area (Å²) >= 11 is 2.29. The zero-order valence-corrected chi connectivity index (χ0v) is 12.4. The smallest absolute Gasteiger partial charge is 0.253 e. The van der Waals surface area contributed by atoms with E-state index in [0.29, 0.717) is 0 Å². The number of hydrogen-bond acceptors (Lipinski definition) is 2. The Bertz CT molecular complexity index is 425. The van der Waals surface area contributed by atoms with Crippen LogP contribution >= 0.6 is 22.6 Å². The summed E-state index contributed by atoms with van der Waals surface area (Å²) in [6.45, 7) is 5.65. The van der Waals surface area contributed by atoms with Crippen LogP contribution in [0.2, 0.25) is 0 Å². The zero-order chi connectivity index (χ0) is 12.4. The molecule has 1 aromatic carbocycles. The second kappa shape index (κ2) is 5.35. The van der Waals surface area contributed by atoms with Crippen LogP contribution < -0.4 is 0 Å². The van der Waals surface area contributed by atoms with Gasteiger partial charge in [0.15, 0.2) is 0 Å². The van der Waals surface area contributed by atoms with Gasteiger partial charge in [-0.2, -0.15) is 0 Å². The summed E-state index contributed by atoms with van der Waals surface area (Å²) in [6, 6.07) is 5.93. The molecule has 1 aromatic rings. The molecule has 1 amide bonds. The topological polar surface area (TPSA) is 23.6 Å². The molecule has 0 N–H and O–H groups in total. The molecule has 0 aromatic heterocycles. The lowest BCUT2D eigenvalue weighted by molar-refractivity contribution is 0.0664. The van der Waals surface area contributed by atoms with Crippen molar-refractivity contribution in [1.29, 1.82) is 0 Å². The number of amides is 1. The molecule has 1 aliphatic rings. The highest BCUT2D eigenvalue weighted by molar-refractivity contribution is 14.1. The van der Waals surface area contributed by atoms with Gasteiger partial charge in [0.25, 0.3) is 5.91 Å². The van der Waals surface area contributed by atoms with Crippen LogP contribution in [-0.2, 0) is 0 Å². The largest absolute Gasteiger partial charge is 0.336 e. The number of rotatable bonds is 1. The molecule has 3 nitrogen and oxygen atoms in total. The number of aryl methyl sites for hydroxylation is 1. The predicted molar refractivity (Wildman–Crippen MR) is 77.3 cm³/mol. The maximum Gasteiger partial charge on any atom is 0.253 e. The van der Waals surface area contributed by atoms with Crippen molar-refractivity contribution < 1.29 is 4.79 Å². The van der Waals surface area contributed by atoms with E-state index in [9.17, 15) is 4.79 Å². The van der Waals surface area contributed by atoms with E-state index in [1.807, 2.05) is 30.0 Å². The second-order valence-corrected chi connectivity index (χ2v) is 5.72. The molecule has 0 spiro atoms. The molecular formula is C13H17IN2O. The molecule has 0 aliphatic carbocycles. The molecule has 17 heavy (non-hydrogen) atoms. The van der Waals surface area contributed by atoms with Crippen LogP contribution in [0.4, 0.5) is 0 Å². The Morgan fingerprint density at radius 1 is 1.24 bits per heavy atom. The Morgan fingerprint density at radius 3 is 2.47 bits per heavy atom. The van der Waals surface area contributed by atoms with E-state index in [4.69, 9.17) is 0 Å². The normalized spacial score (nSPS) is 17.2. The molecule has 1 heterocycles. The summed E-state index contributed by atoms with van der Waals surface area (Å²) in [4.78, 5) is 16.5. The molecule has 2 rings (SSSR count). The number of carbonyl (C=O) groups is 1. The van der Waals surface area contributed by atoms with Gasteiger partial charge in [-0.05, 0) is 60.3 Å². The van der Waals surface area contributed by atoms with E-state index in [0.717, 1.165) is 31.7 Å². The van der Waals surface area contributed by atoms with Gasteiger partial charge in [-0.3, -0.25) is 4.79 Å². The average molecular weight is 344 g/mol. The highest BCUT2D eigenvalue weighted by atomic mass is 127. The predicted octanol–water partition coefficient (Wildman–Crippen LogP) is 1.99.